The van der Waals surface area contributed by atoms with E-state index in [1.54, 1.807) is 13.5 Å². The summed E-state index contributed by atoms with van der Waals surface area (Å²) in [6, 6.07) is 0. The van der Waals surface area contributed by atoms with Gasteiger partial charge < -0.3 is 29.5 Å². The number of rotatable bonds is 2. The molecule has 2 aliphatic heterocycles. The summed E-state index contributed by atoms with van der Waals surface area (Å²) in [4.78, 5) is 0. The van der Waals surface area contributed by atoms with Crippen molar-refractivity contribution in [3.8, 4) is 0 Å². The first kappa shape index (κ1) is 14.7. The molecule has 0 aromatic heterocycles. The molecule has 9 atom stereocenters. The molecular formula is C14H23O6-. The van der Waals surface area contributed by atoms with E-state index < -0.39 is 30.7 Å². The zero-order valence-corrected chi connectivity index (χ0v) is 11.8. The molecule has 1 saturated carbocycles. The van der Waals surface area contributed by atoms with Crippen molar-refractivity contribution in [2.24, 2.45) is 17.8 Å². The van der Waals surface area contributed by atoms with Crippen molar-refractivity contribution in [1.29, 1.82) is 0 Å². The molecule has 2 heterocycles. The van der Waals surface area contributed by atoms with Gasteiger partial charge in [0.05, 0.1) is 31.0 Å². The molecule has 3 aliphatic rings. The normalized spacial score (nSPS) is 55.4. The maximum Gasteiger partial charge on any atom is 0.155 e. The van der Waals surface area contributed by atoms with Gasteiger partial charge in [0.2, 0.25) is 0 Å². The third-order valence-electron chi connectivity index (χ3n) is 5.01. The third kappa shape index (κ3) is 2.19. The van der Waals surface area contributed by atoms with Crippen molar-refractivity contribution in [3.63, 3.8) is 0 Å². The van der Waals surface area contributed by atoms with Gasteiger partial charge in [0.25, 0.3) is 0 Å². The lowest BCUT2D eigenvalue weighted by atomic mass is 9.67. The highest BCUT2D eigenvalue weighted by Crippen LogP contribution is 2.49. The second-order valence-electron chi connectivity index (χ2n) is 6.09. The Labute approximate surface area is 118 Å². The first-order valence-corrected chi connectivity index (χ1v) is 7.29. The SMILES string of the molecule is C[CH-]OC1OCC(O)C2C1OC1C(O)CC(O)C(C)C12. The molecule has 0 aromatic carbocycles. The van der Waals surface area contributed by atoms with Gasteiger partial charge in [-0.3, -0.25) is 0 Å². The molecule has 0 bridgehead atoms. The Balaban J connectivity index is 1.87. The van der Waals surface area contributed by atoms with Crippen LogP contribution in [0, 0.1) is 24.4 Å². The fourth-order valence-corrected chi connectivity index (χ4v) is 4.02. The van der Waals surface area contributed by atoms with Crippen LogP contribution in [0.2, 0.25) is 0 Å². The van der Waals surface area contributed by atoms with Gasteiger partial charge in [-0.2, -0.15) is 6.92 Å². The second-order valence-corrected chi connectivity index (χ2v) is 6.09. The van der Waals surface area contributed by atoms with Gasteiger partial charge in [-0.25, -0.2) is 6.61 Å². The molecule has 20 heavy (non-hydrogen) atoms. The monoisotopic (exact) mass is 287 g/mol. The van der Waals surface area contributed by atoms with Crippen molar-refractivity contribution < 1.29 is 29.5 Å². The summed E-state index contributed by atoms with van der Waals surface area (Å²) >= 11 is 0. The second kappa shape index (κ2) is 5.51. The quantitative estimate of drug-likeness (QED) is 0.602. The van der Waals surface area contributed by atoms with Crippen LogP contribution in [0.15, 0.2) is 0 Å². The highest BCUT2D eigenvalue weighted by molar-refractivity contribution is 5.05. The molecule has 6 heteroatoms. The van der Waals surface area contributed by atoms with Crippen LogP contribution >= 0.6 is 0 Å². The Kier molecular flexibility index (Phi) is 4.05. The molecule has 1 aliphatic carbocycles. The third-order valence-corrected chi connectivity index (χ3v) is 5.01. The number of ether oxygens (including phenoxy) is 3. The fraction of sp³-hybridized carbons (Fsp3) is 0.929. The minimum atomic E-state index is -0.713. The van der Waals surface area contributed by atoms with Crippen LogP contribution in [0.4, 0.5) is 0 Å². The zero-order chi connectivity index (χ0) is 14.4. The molecule has 3 fully saturated rings. The summed E-state index contributed by atoms with van der Waals surface area (Å²) in [6.45, 7) is 5.43. The molecular weight excluding hydrogens is 264 g/mol. The highest BCUT2D eigenvalue weighted by atomic mass is 16.7. The molecule has 6 nitrogen and oxygen atoms in total. The lowest BCUT2D eigenvalue weighted by Crippen LogP contribution is -2.53. The van der Waals surface area contributed by atoms with Crippen molar-refractivity contribution in [2.75, 3.05) is 6.61 Å². The first-order chi connectivity index (χ1) is 9.54. The average Bonchev–Trinajstić information content (AvgIpc) is 2.81. The lowest BCUT2D eigenvalue weighted by molar-refractivity contribution is -0.244. The van der Waals surface area contributed by atoms with E-state index in [0.29, 0.717) is 6.42 Å². The average molecular weight is 287 g/mol. The molecule has 3 rings (SSSR count). The van der Waals surface area contributed by atoms with E-state index in [-0.39, 0.29) is 30.5 Å². The maximum absolute atomic E-state index is 10.3. The number of aliphatic hydroxyl groups is 3. The Morgan fingerprint density at radius 3 is 2.50 bits per heavy atom. The number of fused-ring (bicyclic) bond motifs is 3. The van der Waals surface area contributed by atoms with E-state index in [1.807, 2.05) is 6.92 Å². The van der Waals surface area contributed by atoms with Gasteiger partial charge in [0.15, 0.2) is 6.29 Å². The minimum Gasteiger partial charge on any atom is -0.528 e. The maximum atomic E-state index is 10.3. The Hall–Kier alpha value is -0.240. The molecule has 2 saturated heterocycles. The van der Waals surface area contributed by atoms with Crippen molar-refractivity contribution in [1.82, 2.24) is 0 Å². The zero-order valence-electron chi connectivity index (χ0n) is 11.8. The molecule has 0 spiro atoms. The lowest BCUT2D eigenvalue weighted by Gasteiger charge is -2.43. The van der Waals surface area contributed by atoms with Gasteiger partial charge in [0.1, 0.15) is 6.10 Å². The van der Waals surface area contributed by atoms with E-state index in [1.165, 1.54) is 0 Å². The van der Waals surface area contributed by atoms with Gasteiger partial charge in [0, 0.05) is 18.3 Å². The van der Waals surface area contributed by atoms with Crippen molar-refractivity contribution in [3.05, 3.63) is 6.61 Å². The molecule has 0 amide bonds. The smallest absolute Gasteiger partial charge is 0.155 e. The van der Waals surface area contributed by atoms with Crippen LogP contribution in [0.25, 0.3) is 0 Å². The van der Waals surface area contributed by atoms with Gasteiger partial charge in [-0.05, 0) is 5.92 Å². The van der Waals surface area contributed by atoms with E-state index >= 15 is 0 Å². The summed E-state index contributed by atoms with van der Waals surface area (Å²) in [5, 5.41) is 30.5. The predicted octanol–water partition coefficient (Wildman–Crippen LogP) is -0.337. The number of hydrogen-bond acceptors (Lipinski definition) is 6. The van der Waals surface area contributed by atoms with E-state index in [9.17, 15) is 15.3 Å². The van der Waals surface area contributed by atoms with Crippen molar-refractivity contribution in [2.45, 2.75) is 57.1 Å². The van der Waals surface area contributed by atoms with E-state index in [2.05, 4.69) is 0 Å². The standard InChI is InChI=1S/C14H23O6/c1-3-18-14-13-11(9(17)5-19-14)10-6(2)7(15)4-8(16)12(10)20-13/h3,6-17H,4-5H2,1-2H3/q-1. The first-order valence-electron chi connectivity index (χ1n) is 7.29. The van der Waals surface area contributed by atoms with Crippen LogP contribution in [-0.4, -0.2) is 58.7 Å². The summed E-state index contributed by atoms with van der Waals surface area (Å²) in [5.41, 5.74) is 0. The predicted molar refractivity (Wildman–Crippen MR) is 68.2 cm³/mol. The van der Waals surface area contributed by atoms with Gasteiger partial charge >= 0.3 is 0 Å². The van der Waals surface area contributed by atoms with Crippen LogP contribution in [-0.2, 0) is 14.2 Å². The largest absolute Gasteiger partial charge is 0.528 e. The topological polar surface area (TPSA) is 88.4 Å². The van der Waals surface area contributed by atoms with Crippen LogP contribution in [0.5, 0.6) is 0 Å². The Morgan fingerprint density at radius 1 is 1.05 bits per heavy atom. The van der Waals surface area contributed by atoms with Crippen molar-refractivity contribution >= 4 is 0 Å². The summed E-state index contributed by atoms with van der Waals surface area (Å²) in [5.74, 6) is -0.295. The highest BCUT2D eigenvalue weighted by Gasteiger charge is 2.59. The number of hydrogen-bond donors (Lipinski definition) is 3. The summed E-state index contributed by atoms with van der Waals surface area (Å²) in [7, 11) is 0. The van der Waals surface area contributed by atoms with E-state index in [0.717, 1.165) is 0 Å². The molecule has 9 unspecified atom stereocenters. The Morgan fingerprint density at radius 2 is 1.80 bits per heavy atom. The fourth-order valence-electron chi connectivity index (χ4n) is 4.02. The number of aliphatic hydroxyl groups excluding tert-OH is 3. The van der Waals surface area contributed by atoms with Gasteiger partial charge in [-0.1, -0.05) is 6.92 Å². The molecule has 3 N–H and O–H groups in total. The molecule has 0 radical (unpaired) electrons. The Bertz CT molecular complexity index is 351. The van der Waals surface area contributed by atoms with Crippen LogP contribution < -0.4 is 0 Å². The summed E-state index contributed by atoms with van der Waals surface area (Å²) in [6.07, 6.45) is -2.97. The van der Waals surface area contributed by atoms with Crippen LogP contribution in [0.1, 0.15) is 20.3 Å². The minimum absolute atomic E-state index is 0.0302. The summed E-state index contributed by atoms with van der Waals surface area (Å²) < 4.78 is 16.8. The van der Waals surface area contributed by atoms with Gasteiger partial charge in [-0.15, -0.1) is 0 Å². The molecule has 116 valence electrons. The molecule has 0 aromatic rings. The van der Waals surface area contributed by atoms with E-state index in [4.69, 9.17) is 14.2 Å². The van der Waals surface area contributed by atoms with Crippen LogP contribution in [0.3, 0.4) is 0 Å².